The average Bonchev–Trinajstić information content (AvgIpc) is 3.51. The van der Waals surface area contributed by atoms with Crippen LogP contribution in [0.5, 0.6) is 5.75 Å². The number of amides is 3. The van der Waals surface area contributed by atoms with E-state index in [4.69, 9.17) is 9.47 Å². The second-order valence-electron chi connectivity index (χ2n) is 10.9. The van der Waals surface area contributed by atoms with Crippen molar-refractivity contribution in [3.05, 3.63) is 48.0 Å². The van der Waals surface area contributed by atoms with Crippen molar-refractivity contribution in [3.8, 4) is 5.75 Å². The summed E-state index contributed by atoms with van der Waals surface area (Å²) in [7, 11) is 1.61. The summed E-state index contributed by atoms with van der Waals surface area (Å²) in [5.41, 5.74) is 1.23. The molecule has 0 bridgehead atoms. The second kappa shape index (κ2) is 14.2. The van der Waals surface area contributed by atoms with Crippen LogP contribution in [-0.4, -0.2) is 72.2 Å². The van der Waals surface area contributed by atoms with Gasteiger partial charge in [-0.05, 0) is 56.2 Å². The molecule has 4 rings (SSSR count). The zero-order valence-electron chi connectivity index (χ0n) is 23.7. The fourth-order valence-electron chi connectivity index (χ4n) is 6.19. The minimum atomic E-state index is -0.747. The monoisotopic (exact) mass is 553 g/mol. The number of rotatable bonds is 11. The van der Waals surface area contributed by atoms with Gasteiger partial charge in [-0.2, -0.15) is 0 Å². The Balaban J connectivity index is 1.43. The Bertz CT molecular complexity index is 1090. The highest BCUT2D eigenvalue weighted by atomic mass is 16.5. The fraction of sp³-hybridized carbons (Fsp3) is 0.600. The van der Waals surface area contributed by atoms with Crippen molar-refractivity contribution in [2.75, 3.05) is 33.4 Å². The molecule has 2 aliphatic rings. The predicted octanol–water partition coefficient (Wildman–Crippen LogP) is 3.62. The Morgan fingerprint density at radius 1 is 1.12 bits per heavy atom. The van der Waals surface area contributed by atoms with Gasteiger partial charge in [0.1, 0.15) is 11.8 Å². The summed E-state index contributed by atoms with van der Waals surface area (Å²) in [6.07, 6.45) is 11.0. The number of carbonyl (C=O) groups excluding carboxylic acids is 3. The van der Waals surface area contributed by atoms with Crippen LogP contribution < -0.4 is 15.4 Å². The topological polar surface area (TPSA) is 126 Å². The molecule has 1 atom stereocenters. The van der Waals surface area contributed by atoms with Gasteiger partial charge >= 0.3 is 12.0 Å². The molecule has 218 valence electrons. The number of piperidine rings is 1. The third kappa shape index (κ3) is 7.34. The quantitative estimate of drug-likeness (QED) is 0.365. The van der Waals surface area contributed by atoms with E-state index in [1.807, 2.05) is 31.2 Å². The maximum atomic E-state index is 13.8. The Kier molecular flexibility index (Phi) is 10.4. The third-order valence-corrected chi connectivity index (χ3v) is 8.46. The third-order valence-electron chi connectivity index (χ3n) is 8.46. The van der Waals surface area contributed by atoms with Gasteiger partial charge in [0, 0.05) is 38.7 Å². The Morgan fingerprint density at radius 2 is 1.85 bits per heavy atom. The number of urea groups is 1. The molecule has 1 aliphatic carbocycles. The molecule has 0 unspecified atom stereocenters. The van der Waals surface area contributed by atoms with E-state index in [1.54, 1.807) is 24.5 Å². The maximum absolute atomic E-state index is 13.8. The van der Waals surface area contributed by atoms with Crippen LogP contribution in [-0.2, 0) is 27.2 Å². The first-order chi connectivity index (χ1) is 19.4. The first kappa shape index (κ1) is 29.4. The number of esters is 1. The lowest BCUT2D eigenvalue weighted by atomic mass is 9.63. The van der Waals surface area contributed by atoms with Gasteiger partial charge < -0.3 is 30.0 Å². The smallest absolute Gasteiger partial charge is 0.315 e. The molecule has 40 heavy (non-hydrogen) atoms. The molecular formula is C30H43N5O5. The van der Waals surface area contributed by atoms with Crippen molar-refractivity contribution in [2.24, 2.45) is 11.3 Å². The van der Waals surface area contributed by atoms with E-state index in [2.05, 4.69) is 20.6 Å². The van der Waals surface area contributed by atoms with E-state index < -0.39 is 17.5 Å². The van der Waals surface area contributed by atoms with Crippen LogP contribution in [0.15, 0.2) is 36.8 Å². The molecule has 0 radical (unpaired) electrons. The van der Waals surface area contributed by atoms with E-state index >= 15 is 0 Å². The number of nitrogens with one attached hydrogen (secondary N) is 3. The number of benzene rings is 1. The van der Waals surface area contributed by atoms with E-state index in [-0.39, 0.29) is 11.9 Å². The molecule has 2 heterocycles. The highest BCUT2D eigenvalue weighted by molar-refractivity contribution is 5.88. The maximum Gasteiger partial charge on any atom is 0.315 e. The molecule has 3 N–H and O–H groups in total. The fourth-order valence-corrected chi connectivity index (χ4v) is 6.19. The molecule has 2 fully saturated rings. The van der Waals surface area contributed by atoms with E-state index in [0.29, 0.717) is 57.8 Å². The van der Waals surface area contributed by atoms with Crippen molar-refractivity contribution in [3.63, 3.8) is 0 Å². The minimum Gasteiger partial charge on any atom is -0.497 e. The number of carbonyl (C=O) groups is 3. The lowest BCUT2D eigenvalue weighted by Crippen LogP contribution is -2.56. The molecule has 1 saturated heterocycles. The number of likely N-dealkylation sites (tertiary alicyclic amines) is 1. The second-order valence-corrected chi connectivity index (χ2v) is 10.9. The molecule has 0 spiro atoms. The lowest BCUT2D eigenvalue weighted by Gasteiger charge is -2.46. The summed E-state index contributed by atoms with van der Waals surface area (Å²) < 4.78 is 10.8. The van der Waals surface area contributed by atoms with Crippen molar-refractivity contribution in [1.82, 2.24) is 25.5 Å². The number of hydrogen-bond donors (Lipinski definition) is 3. The summed E-state index contributed by atoms with van der Waals surface area (Å²) >= 11 is 0. The van der Waals surface area contributed by atoms with Crippen LogP contribution in [0.1, 0.15) is 63.1 Å². The Hall–Kier alpha value is -3.56. The molecular weight excluding hydrogens is 510 g/mol. The van der Waals surface area contributed by atoms with Crippen LogP contribution in [0, 0.1) is 11.3 Å². The first-order valence-corrected chi connectivity index (χ1v) is 14.6. The van der Waals surface area contributed by atoms with Crippen molar-refractivity contribution in [2.45, 2.75) is 70.8 Å². The number of aromatic amines is 1. The standard InChI is InChI=1S/C30H43N5O5/c1-3-40-28(37)30(23-7-5-4-6-8-23)14-17-35(18-15-30)27(36)26(19-22-9-11-25(39-2)12-10-22)34-29(38)32-16-13-24-20-31-21-33-24/h9-12,20-21,23,26H,3-8,13-19H2,1-2H3,(H,31,33)(H2,32,34,38)/t26-/m1/s1. The van der Waals surface area contributed by atoms with Gasteiger partial charge in [-0.25, -0.2) is 9.78 Å². The van der Waals surface area contributed by atoms with Gasteiger partial charge in [0.05, 0.1) is 31.2 Å². The molecule has 3 amide bonds. The molecule has 2 aromatic rings. The Morgan fingerprint density at radius 3 is 2.48 bits per heavy atom. The normalized spacial score (nSPS) is 18.0. The largest absolute Gasteiger partial charge is 0.497 e. The summed E-state index contributed by atoms with van der Waals surface area (Å²) in [5.74, 6) is 0.772. The number of ether oxygens (including phenoxy) is 2. The molecule has 1 saturated carbocycles. The lowest BCUT2D eigenvalue weighted by molar-refractivity contribution is -0.166. The first-order valence-electron chi connectivity index (χ1n) is 14.6. The highest BCUT2D eigenvalue weighted by Gasteiger charge is 2.49. The number of nitrogens with zero attached hydrogens (tertiary/aromatic N) is 2. The summed E-state index contributed by atoms with van der Waals surface area (Å²) in [5, 5.41) is 5.75. The number of imidazole rings is 1. The SMILES string of the molecule is CCOC(=O)C1(C2CCCCC2)CCN(C(=O)[C@@H](Cc2ccc(OC)cc2)NC(=O)NCCc2c[nH]cn2)CC1. The molecule has 10 nitrogen and oxygen atoms in total. The van der Waals surface area contributed by atoms with Gasteiger partial charge in [0.2, 0.25) is 5.91 Å². The Labute approximate surface area is 236 Å². The molecule has 1 aromatic heterocycles. The van der Waals surface area contributed by atoms with Crippen LogP contribution in [0.2, 0.25) is 0 Å². The van der Waals surface area contributed by atoms with Gasteiger partial charge in [0.15, 0.2) is 0 Å². The predicted molar refractivity (Wildman–Crippen MR) is 151 cm³/mol. The van der Waals surface area contributed by atoms with Gasteiger partial charge in [0.25, 0.3) is 0 Å². The van der Waals surface area contributed by atoms with Crippen molar-refractivity contribution < 1.29 is 23.9 Å². The van der Waals surface area contributed by atoms with Crippen LogP contribution in [0.25, 0.3) is 0 Å². The van der Waals surface area contributed by atoms with Gasteiger partial charge in [-0.3, -0.25) is 9.59 Å². The van der Waals surface area contributed by atoms with E-state index in [9.17, 15) is 14.4 Å². The molecule has 1 aromatic carbocycles. The number of methoxy groups -OCH3 is 1. The van der Waals surface area contributed by atoms with Gasteiger partial charge in [-0.15, -0.1) is 0 Å². The van der Waals surface area contributed by atoms with Crippen LogP contribution >= 0.6 is 0 Å². The van der Waals surface area contributed by atoms with Crippen molar-refractivity contribution in [1.29, 1.82) is 0 Å². The number of H-pyrrole nitrogens is 1. The number of aromatic nitrogens is 2. The summed E-state index contributed by atoms with van der Waals surface area (Å²) in [4.78, 5) is 48.8. The number of hydrogen-bond acceptors (Lipinski definition) is 6. The minimum absolute atomic E-state index is 0.113. The van der Waals surface area contributed by atoms with Crippen LogP contribution in [0.4, 0.5) is 4.79 Å². The van der Waals surface area contributed by atoms with Crippen LogP contribution in [0.3, 0.4) is 0 Å². The average molecular weight is 554 g/mol. The van der Waals surface area contributed by atoms with E-state index in [0.717, 1.165) is 42.7 Å². The summed E-state index contributed by atoms with van der Waals surface area (Å²) in [6.45, 7) is 3.54. The van der Waals surface area contributed by atoms with E-state index in [1.165, 1.54) is 6.42 Å². The summed E-state index contributed by atoms with van der Waals surface area (Å²) in [6, 6.07) is 6.35. The highest BCUT2D eigenvalue weighted by Crippen LogP contribution is 2.47. The molecule has 10 heteroatoms. The zero-order valence-corrected chi connectivity index (χ0v) is 23.7. The van der Waals surface area contributed by atoms with Crippen molar-refractivity contribution >= 4 is 17.9 Å². The zero-order chi connectivity index (χ0) is 28.4. The molecule has 1 aliphatic heterocycles. The van der Waals surface area contributed by atoms with Gasteiger partial charge in [-0.1, -0.05) is 31.4 Å².